The quantitative estimate of drug-likeness (QED) is 0.920. The number of H-pyrrole nitrogens is 1. The Balaban J connectivity index is 1.49. The van der Waals surface area contributed by atoms with Gasteiger partial charge in [0.05, 0.1) is 5.56 Å². The van der Waals surface area contributed by atoms with Crippen molar-refractivity contribution < 1.29 is 14.3 Å². The molecule has 4 rings (SSSR count). The number of piperidine rings is 1. The maximum Gasteiger partial charge on any atom is 0.255 e. The number of fused-ring (bicyclic) bond motifs is 1. The highest BCUT2D eigenvalue weighted by Gasteiger charge is 2.34. The summed E-state index contributed by atoms with van der Waals surface area (Å²) in [5.74, 6) is 1.55. The average Bonchev–Trinajstić information content (AvgIpc) is 3.09. The molecule has 1 N–H and O–H groups in total. The Labute approximate surface area is 151 Å². The summed E-state index contributed by atoms with van der Waals surface area (Å²) < 4.78 is 10.8. The molecule has 1 aromatic carbocycles. The SMILES string of the molecule is CC1(Cc2ccc3c(c2)OCO3)CCCN(C(=O)c2ccc(=O)[nH]c2)C1. The van der Waals surface area contributed by atoms with Crippen LogP contribution in [0.2, 0.25) is 0 Å². The highest BCUT2D eigenvalue weighted by molar-refractivity contribution is 5.93. The van der Waals surface area contributed by atoms with E-state index in [0.717, 1.165) is 37.3 Å². The molecule has 0 saturated carbocycles. The fourth-order valence-corrected chi connectivity index (χ4v) is 3.90. The van der Waals surface area contributed by atoms with Crippen molar-refractivity contribution >= 4 is 5.91 Å². The van der Waals surface area contributed by atoms with Gasteiger partial charge in [-0.15, -0.1) is 0 Å². The molecule has 26 heavy (non-hydrogen) atoms. The molecule has 136 valence electrons. The van der Waals surface area contributed by atoms with Crippen LogP contribution in [0.15, 0.2) is 41.3 Å². The Kier molecular flexibility index (Phi) is 4.18. The molecule has 1 amide bonds. The van der Waals surface area contributed by atoms with Crippen LogP contribution in [0, 0.1) is 5.41 Å². The molecule has 1 saturated heterocycles. The summed E-state index contributed by atoms with van der Waals surface area (Å²) in [6.45, 7) is 3.94. The standard InChI is InChI=1S/C20H22N2O4/c1-20(10-14-3-5-16-17(9-14)26-13-25-16)7-2-8-22(12-20)19(24)15-4-6-18(23)21-11-15/h3-6,9,11H,2,7-8,10,12-13H2,1H3,(H,21,23). The number of ether oxygens (including phenoxy) is 2. The van der Waals surface area contributed by atoms with E-state index >= 15 is 0 Å². The van der Waals surface area contributed by atoms with Crippen LogP contribution in [0.4, 0.5) is 0 Å². The Hall–Kier alpha value is -2.76. The minimum Gasteiger partial charge on any atom is -0.454 e. The zero-order valence-corrected chi connectivity index (χ0v) is 14.8. The van der Waals surface area contributed by atoms with Crippen LogP contribution in [0.5, 0.6) is 11.5 Å². The molecular weight excluding hydrogens is 332 g/mol. The van der Waals surface area contributed by atoms with Crippen molar-refractivity contribution in [3.8, 4) is 11.5 Å². The number of amides is 1. The van der Waals surface area contributed by atoms with Crippen molar-refractivity contribution in [1.82, 2.24) is 9.88 Å². The molecule has 2 aromatic rings. The minimum absolute atomic E-state index is 0.00377. The van der Waals surface area contributed by atoms with Crippen LogP contribution in [-0.2, 0) is 6.42 Å². The molecule has 2 aliphatic heterocycles. The maximum atomic E-state index is 12.8. The van der Waals surface area contributed by atoms with E-state index in [0.29, 0.717) is 12.1 Å². The topological polar surface area (TPSA) is 71.6 Å². The third kappa shape index (κ3) is 3.31. The van der Waals surface area contributed by atoms with E-state index in [-0.39, 0.29) is 23.7 Å². The van der Waals surface area contributed by atoms with Gasteiger partial charge < -0.3 is 19.4 Å². The molecule has 0 spiro atoms. The molecule has 0 aliphatic carbocycles. The first-order chi connectivity index (χ1) is 12.5. The number of carbonyl (C=O) groups excluding carboxylic acids is 1. The van der Waals surface area contributed by atoms with Crippen molar-refractivity contribution in [2.24, 2.45) is 5.41 Å². The molecule has 3 heterocycles. The summed E-state index contributed by atoms with van der Waals surface area (Å²) in [6.07, 6.45) is 4.40. The predicted octanol–water partition coefficient (Wildman–Crippen LogP) is 2.59. The Bertz CT molecular complexity index is 871. The first-order valence-corrected chi connectivity index (χ1v) is 8.89. The van der Waals surface area contributed by atoms with E-state index in [1.54, 1.807) is 6.07 Å². The molecule has 6 nitrogen and oxygen atoms in total. The van der Waals surface area contributed by atoms with E-state index in [2.05, 4.69) is 18.0 Å². The summed E-state index contributed by atoms with van der Waals surface area (Å²) in [5.41, 5.74) is 1.52. The molecule has 1 aromatic heterocycles. The number of pyridine rings is 1. The van der Waals surface area contributed by atoms with Gasteiger partial charge in [-0.2, -0.15) is 0 Å². The fourth-order valence-electron chi connectivity index (χ4n) is 3.90. The number of benzene rings is 1. The van der Waals surface area contributed by atoms with Crippen molar-refractivity contribution in [2.75, 3.05) is 19.9 Å². The number of aromatic amines is 1. The van der Waals surface area contributed by atoms with Gasteiger partial charge in [-0.1, -0.05) is 13.0 Å². The fraction of sp³-hybridized carbons (Fsp3) is 0.400. The number of carbonyl (C=O) groups is 1. The molecule has 1 fully saturated rings. The van der Waals surface area contributed by atoms with Gasteiger partial charge in [-0.3, -0.25) is 9.59 Å². The lowest BCUT2D eigenvalue weighted by atomic mass is 9.76. The van der Waals surface area contributed by atoms with Crippen molar-refractivity contribution in [2.45, 2.75) is 26.2 Å². The van der Waals surface area contributed by atoms with Crippen LogP contribution in [-0.4, -0.2) is 35.7 Å². The lowest BCUT2D eigenvalue weighted by molar-refractivity contribution is 0.0550. The summed E-state index contributed by atoms with van der Waals surface area (Å²) in [4.78, 5) is 28.4. The number of hydrogen-bond acceptors (Lipinski definition) is 4. The summed E-state index contributed by atoms with van der Waals surface area (Å²) >= 11 is 0. The van der Waals surface area contributed by atoms with Crippen LogP contribution in [0.1, 0.15) is 35.7 Å². The van der Waals surface area contributed by atoms with E-state index in [4.69, 9.17) is 9.47 Å². The van der Waals surface area contributed by atoms with Crippen molar-refractivity contribution in [1.29, 1.82) is 0 Å². The van der Waals surface area contributed by atoms with Crippen molar-refractivity contribution in [3.63, 3.8) is 0 Å². The van der Waals surface area contributed by atoms with Crippen LogP contribution in [0.25, 0.3) is 0 Å². The lowest BCUT2D eigenvalue weighted by Gasteiger charge is -2.40. The van der Waals surface area contributed by atoms with Gasteiger partial charge in [0.2, 0.25) is 12.4 Å². The van der Waals surface area contributed by atoms with E-state index in [1.807, 2.05) is 17.0 Å². The van der Waals surface area contributed by atoms with Gasteiger partial charge in [0.25, 0.3) is 5.91 Å². The largest absolute Gasteiger partial charge is 0.454 e. The molecule has 0 bridgehead atoms. The van der Waals surface area contributed by atoms with Gasteiger partial charge >= 0.3 is 0 Å². The summed E-state index contributed by atoms with van der Waals surface area (Å²) in [7, 11) is 0. The maximum absolute atomic E-state index is 12.8. The first kappa shape index (κ1) is 16.7. The monoisotopic (exact) mass is 354 g/mol. The predicted molar refractivity (Wildman–Crippen MR) is 96.6 cm³/mol. The first-order valence-electron chi connectivity index (χ1n) is 8.89. The number of rotatable bonds is 3. The molecule has 2 aliphatic rings. The highest BCUT2D eigenvalue weighted by Crippen LogP contribution is 2.37. The molecular formula is C20H22N2O4. The Morgan fingerprint density at radius 2 is 2.08 bits per heavy atom. The normalized spacial score (nSPS) is 21.7. The second kappa shape index (κ2) is 6.52. The van der Waals surface area contributed by atoms with Gasteiger partial charge in [0.15, 0.2) is 11.5 Å². The van der Waals surface area contributed by atoms with Gasteiger partial charge in [0, 0.05) is 25.4 Å². The summed E-state index contributed by atoms with van der Waals surface area (Å²) in [6, 6.07) is 9.04. The lowest BCUT2D eigenvalue weighted by Crippen LogP contribution is -2.45. The van der Waals surface area contributed by atoms with Gasteiger partial charge in [-0.25, -0.2) is 0 Å². The third-order valence-corrected chi connectivity index (χ3v) is 5.17. The highest BCUT2D eigenvalue weighted by atomic mass is 16.7. The van der Waals surface area contributed by atoms with E-state index in [1.165, 1.54) is 17.8 Å². The number of aromatic nitrogens is 1. The van der Waals surface area contributed by atoms with Crippen LogP contribution in [0.3, 0.4) is 0 Å². The number of nitrogens with zero attached hydrogens (tertiary/aromatic N) is 1. The smallest absolute Gasteiger partial charge is 0.255 e. The zero-order chi connectivity index (χ0) is 18.1. The molecule has 1 unspecified atom stereocenters. The Morgan fingerprint density at radius 3 is 2.88 bits per heavy atom. The molecule has 6 heteroatoms. The minimum atomic E-state index is -0.201. The second-order valence-electron chi connectivity index (χ2n) is 7.45. The van der Waals surface area contributed by atoms with E-state index < -0.39 is 0 Å². The number of likely N-dealkylation sites (tertiary alicyclic amines) is 1. The average molecular weight is 354 g/mol. The number of nitrogens with one attached hydrogen (secondary N) is 1. The third-order valence-electron chi connectivity index (χ3n) is 5.17. The van der Waals surface area contributed by atoms with E-state index in [9.17, 15) is 9.59 Å². The Morgan fingerprint density at radius 1 is 1.23 bits per heavy atom. The zero-order valence-electron chi connectivity index (χ0n) is 14.8. The molecule has 0 radical (unpaired) electrons. The van der Waals surface area contributed by atoms with Crippen molar-refractivity contribution in [3.05, 3.63) is 58.0 Å². The number of hydrogen-bond donors (Lipinski definition) is 1. The van der Waals surface area contributed by atoms with Gasteiger partial charge in [0.1, 0.15) is 0 Å². The van der Waals surface area contributed by atoms with Crippen LogP contribution < -0.4 is 15.0 Å². The summed E-state index contributed by atoms with van der Waals surface area (Å²) in [5, 5.41) is 0. The second-order valence-corrected chi connectivity index (χ2v) is 7.45. The van der Waals surface area contributed by atoms with Crippen LogP contribution >= 0.6 is 0 Å². The van der Waals surface area contributed by atoms with Gasteiger partial charge in [-0.05, 0) is 48.4 Å². The molecule has 1 atom stereocenters.